The zero-order chi connectivity index (χ0) is 24.1. The lowest BCUT2D eigenvalue weighted by atomic mass is 10.0. The summed E-state index contributed by atoms with van der Waals surface area (Å²) in [6.07, 6.45) is 0. The van der Waals surface area contributed by atoms with Gasteiger partial charge in [0.2, 0.25) is 0 Å². The Hall–Kier alpha value is -3.56. The van der Waals surface area contributed by atoms with Gasteiger partial charge in [0.25, 0.3) is 15.9 Å². The van der Waals surface area contributed by atoms with E-state index in [0.717, 1.165) is 16.3 Å². The lowest BCUT2D eigenvalue weighted by molar-refractivity contribution is -0.123. The average molecular weight is 497 g/mol. The number of thiophene rings is 1. The quantitative estimate of drug-likeness (QED) is 0.371. The van der Waals surface area contributed by atoms with Crippen LogP contribution >= 0.6 is 11.3 Å². The molecular formula is C25H24N2O5S2. The molecule has 4 rings (SSSR count). The minimum atomic E-state index is -3.61. The van der Waals surface area contributed by atoms with Crippen molar-refractivity contribution in [2.75, 3.05) is 25.1 Å². The van der Waals surface area contributed by atoms with Crippen molar-refractivity contribution >= 4 is 43.7 Å². The maximum absolute atomic E-state index is 12.7. The third-order valence-electron chi connectivity index (χ3n) is 5.36. The summed E-state index contributed by atoms with van der Waals surface area (Å²) in [4.78, 5) is 12.4. The van der Waals surface area contributed by atoms with E-state index in [1.54, 1.807) is 48.9 Å². The molecule has 34 heavy (non-hydrogen) atoms. The summed E-state index contributed by atoms with van der Waals surface area (Å²) in [7, 11) is -0.503. The Morgan fingerprint density at radius 2 is 1.76 bits per heavy atom. The lowest BCUT2D eigenvalue weighted by Gasteiger charge is -2.18. The van der Waals surface area contributed by atoms with E-state index >= 15 is 0 Å². The number of sulfonamides is 1. The summed E-state index contributed by atoms with van der Waals surface area (Å²) < 4.78 is 37.8. The molecule has 0 saturated heterocycles. The molecule has 0 unspecified atom stereocenters. The molecule has 0 atom stereocenters. The number of carbonyl (C=O) groups is 1. The van der Waals surface area contributed by atoms with Gasteiger partial charge in [-0.25, -0.2) is 8.42 Å². The highest BCUT2D eigenvalue weighted by Gasteiger charge is 2.22. The number of benzene rings is 3. The first-order chi connectivity index (χ1) is 16.4. The van der Waals surface area contributed by atoms with Crippen molar-refractivity contribution in [2.24, 2.45) is 0 Å². The van der Waals surface area contributed by atoms with Crippen LogP contribution in [0.3, 0.4) is 0 Å². The van der Waals surface area contributed by atoms with Crippen molar-refractivity contribution in [3.63, 3.8) is 0 Å². The van der Waals surface area contributed by atoms with Gasteiger partial charge >= 0.3 is 0 Å². The summed E-state index contributed by atoms with van der Waals surface area (Å²) in [6.45, 7) is 0.132. The summed E-state index contributed by atoms with van der Waals surface area (Å²) in [5.74, 6) is 0.886. The highest BCUT2D eigenvalue weighted by Crippen LogP contribution is 2.28. The summed E-state index contributed by atoms with van der Waals surface area (Å²) in [6, 6.07) is 21.6. The van der Waals surface area contributed by atoms with Crippen LogP contribution in [0, 0.1) is 0 Å². The van der Waals surface area contributed by atoms with Gasteiger partial charge in [-0.05, 0) is 52.6 Å². The fourth-order valence-electron chi connectivity index (χ4n) is 3.51. The van der Waals surface area contributed by atoms with Gasteiger partial charge in [-0.2, -0.15) is 0 Å². The molecule has 1 heterocycles. The van der Waals surface area contributed by atoms with E-state index in [2.05, 4.69) is 5.32 Å². The van der Waals surface area contributed by atoms with Crippen LogP contribution in [-0.4, -0.2) is 35.1 Å². The van der Waals surface area contributed by atoms with E-state index in [4.69, 9.17) is 9.47 Å². The predicted octanol–water partition coefficient (Wildman–Crippen LogP) is 4.43. The number of fused-ring (bicyclic) bond motifs is 1. The molecule has 0 spiro atoms. The van der Waals surface area contributed by atoms with E-state index in [9.17, 15) is 13.2 Å². The third kappa shape index (κ3) is 5.00. The number of rotatable bonds is 9. The van der Waals surface area contributed by atoms with Gasteiger partial charge in [0, 0.05) is 19.2 Å². The highest BCUT2D eigenvalue weighted by atomic mass is 32.2. The minimum Gasteiger partial charge on any atom is -0.496 e. The molecule has 9 heteroatoms. The largest absolute Gasteiger partial charge is 0.496 e. The number of carbonyl (C=O) groups excluding carboxylic acids is 1. The van der Waals surface area contributed by atoms with E-state index in [0.29, 0.717) is 23.7 Å². The smallest absolute Gasteiger partial charge is 0.273 e. The van der Waals surface area contributed by atoms with Crippen molar-refractivity contribution in [3.05, 3.63) is 83.7 Å². The van der Waals surface area contributed by atoms with Gasteiger partial charge in [-0.3, -0.25) is 9.10 Å². The zero-order valence-corrected chi connectivity index (χ0v) is 20.4. The number of anilines is 1. The minimum absolute atomic E-state index is 0.171. The number of methoxy groups -OCH3 is 1. The fraction of sp³-hybridized carbons (Fsp3) is 0.160. The summed E-state index contributed by atoms with van der Waals surface area (Å²) >= 11 is 1.17. The Bertz CT molecular complexity index is 1380. The fourth-order valence-corrected chi connectivity index (χ4v) is 5.87. The topological polar surface area (TPSA) is 84.9 Å². The first-order valence-corrected chi connectivity index (χ1v) is 12.8. The normalized spacial score (nSPS) is 11.2. The SMILES string of the molecule is COc1ccc2ccccc2c1CNC(=O)COc1ccc(N(C)S(=O)(=O)c2cccs2)cc1. The first kappa shape index (κ1) is 23.6. The molecule has 7 nitrogen and oxygen atoms in total. The number of nitrogens with one attached hydrogen (secondary N) is 1. The van der Waals surface area contributed by atoms with Gasteiger partial charge in [-0.1, -0.05) is 36.4 Å². The van der Waals surface area contributed by atoms with E-state index in [-0.39, 0.29) is 16.7 Å². The Balaban J connectivity index is 1.36. The highest BCUT2D eigenvalue weighted by molar-refractivity contribution is 7.94. The van der Waals surface area contributed by atoms with Gasteiger partial charge < -0.3 is 14.8 Å². The maximum atomic E-state index is 12.7. The second-order valence-electron chi connectivity index (χ2n) is 7.43. The molecule has 1 N–H and O–H groups in total. The maximum Gasteiger partial charge on any atom is 0.273 e. The van der Waals surface area contributed by atoms with Crippen molar-refractivity contribution in [2.45, 2.75) is 10.8 Å². The van der Waals surface area contributed by atoms with E-state index in [1.165, 1.54) is 22.7 Å². The van der Waals surface area contributed by atoms with Gasteiger partial charge in [-0.15, -0.1) is 11.3 Å². The van der Waals surface area contributed by atoms with Crippen molar-refractivity contribution in [1.82, 2.24) is 5.32 Å². The molecule has 176 valence electrons. The van der Waals surface area contributed by atoms with Crippen LogP contribution in [0.5, 0.6) is 11.5 Å². The molecule has 4 aromatic rings. The Morgan fingerprint density at radius 3 is 2.47 bits per heavy atom. The Kier molecular flexibility index (Phi) is 7.04. The van der Waals surface area contributed by atoms with Crippen molar-refractivity contribution < 1.29 is 22.7 Å². The average Bonchev–Trinajstić information content (AvgIpc) is 3.42. The van der Waals surface area contributed by atoms with Crippen molar-refractivity contribution in [3.8, 4) is 11.5 Å². The summed E-state index contributed by atoms with van der Waals surface area (Å²) in [5, 5.41) is 6.67. The first-order valence-electron chi connectivity index (χ1n) is 10.5. The second kappa shape index (κ2) is 10.1. The predicted molar refractivity (Wildman–Crippen MR) is 134 cm³/mol. The van der Waals surface area contributed by atoms with Crippen LogP contribution in [0.2, 0.25) is 0 Å². The monoisotopic (exact) mass is 496 g/mol. The molecule has 1 amide bonds. The number of ether oxygens (including phenoxy) is 2. The molecular weight excluding hydrogens is 472 g/mol. The third-order valence-corrected chi connectivity index (χ3v) is 8.52. The number of hydrogen-bond donors (Lipinski definition) is 1. The molecule has 0 aliphatic rings. The van der Waals surface area contributed by atoms with Gasteiger partial charge in [0.15, 0.2) is 6.61 Å². The van der Waals surface area contributed by atoms with Crippen LogP contribution < -0.4 is 19.1 Å². The molecule has 3 aromatic carbocycles. The van der Waals surface area contributed by atoms with Crippen LogP contribution in [0.25, 0.3) is 10.8 Å². The Labute approximate surface area is 202 Å². The van der Waals surface area contributed by atoms with Crippen LogP contribution in [0.15, 0.2) is 82.4 Å². The van der Waals surface area contributed by atoms with Crippen LogP contribution in [-0.2, 0) is 21.4 Å². The lowest BCUT2D eigenvalue weighted by Crippen LogP contribution is -2.28. The zero-order valence-electron chi connectivity index (χ0n) is 18.7. The molecule has 0 saturated carbocycles. The molecule has 0 aliphatic heterocycles. The van der Waals surface area contributed by atoms with Crippen molar-refractivity contribution in [1.29, 1.82) is 0 Å². The summed E-state index contributed by atoms with van der Waals surface area (Å²) in [5.41, 5.74) is 1.39. The van der Waals surface area contributed by atoms with Crippen LogP contribution in [0.4, 0.5) is 5.69 Å². The molecule has 0 bridgehead atoms. The van der Waals surface area contributed by atoms with Gasteiger partial charge in [0.1, 0.15) is 15.7 Å². The van der Waals surface area contributed by atoms with Gasteiger partial charge in [0.05, 0.1) is 12.8 Å². The molecule has 0 fully saturated rings. The molecule has 0 aliphatic carbocycles. The molecule has 1 aromatic heterocycles. The Morgan fingerprint density at radius 1 is 1.00 bits per heavy atom. The van der Waals surface area contributed by atoms with E-state index < -0.39 is 10.0 Å². The second-order valence-corrected chi connectivity index (χ2v) is 10.6. The number of amides is 1. The van der Waals surface area contributed by atoms with Crippen LogP contribution in [0.1, 0.15) is 5.56 Å². The number of hydrogen-bond acceptors (Lipinski definition) is 6. The molecule has 0 radical (unpaired) electrons. The standard InChI is InChI=1S/C25H24N2O5S2/c1-27(34(29,30)25-8-5-15-33-25)19-10-12-20(13-11-19)32-17-24(28)26-16-22-21-7-4-3-6-18(21)9-14-23(22)31-2/h3-15H,16-17H2,1-2H3,(H,26,28). The number of nitrogens with zero attached hydrogens (tertiary/aromatic N) is 1. The van der Waals surface area contributed by atoms with E-state index in [1.807, 2.05) is 36.4 Å².